The predicted molar refractivity (Wildman–Crippen MR) is 58.9 cm³/mol. The molecule has 2 aliphatic rings. The lowest BCUT2D eigenvalue weighted by molar-refractivity contribution is -0.158. The van der Waals surface area contributed by atoms with E-state index in [1.54, 1.807) is 0 Å². The van der Waals surface area contributed by atoms with Gasteiger partial charge in [-0.05, 0) is 38.5 Å². The minimum atomic E-state index is -1.27. The number of carboxylic acid groups (broad SMARTS) is 1. The summed E-state index contributed by atoms with van der Waals surface area (Å²) in [7, 11) is -1.27. The normalized spacial score (nSPS) is 36.6. The third kappa shape index (κ3) is 1.56. The van der Waals surface area contributed by atoms with Crippen molar-refractivity contribution in [3.05, 3.63) is 0 Å². The number of rotatable bonds is 5. The molecule has 2 atom stereocenters. The summed E-state index contributed by atoms with van der Waals surface area (Å²) in [5, 5.41) is 30.0. The van der Waals surface area contributed by atoms with Crippen molar-refractivity contribution in [1.82, 2.24) is 5.32 Å². The molecule has 16 heavy (non-hydrogen) atoms. The van der Waals surface area contributed by atoms with Gasteiger partial charge in [0.05, 0.1) is 0 Å². The second kappa shape index (κ2) is 4.02. The maximum atomic E-state index is 11.3. The highest BCUT2D eigenvalue weighted by Gasteiger charge is 2.65. The third-order valence-corrected chi connectivity index (χ3v) is 4.40. The molecule has 4 N–H and O–H groups in total. The first kappa shape index (κ1) is 11.9. The number of hydrogen-bond donors (Lipinski definition) is 4. The van der Waals surface area contributed by atoms with Gasteiger partial charge in [-0.15, -0.1) is 0 Å². The summed E-state index contributed by atoms with van der Waals surface area (Å²) in [5.74, 6) is -0.749. The average molecular weight is 227 g/mol. The molecule has 0 aromatic heterocycles. The van der Waals surface area contributed by atoms with E-state index in [2.05, 4.69) is 5.32 Å². The molecule has 1 aliphatic carbocycles. The fourth-order valence-electron chi connectivity index (χ4n) is 3.35. The number of nitrogens with one attached hydrogen (secondary N) is 1. The Labute approximate surface area is 95.0 Å². The van der Waals surface area contributed by atoms with E-state index in [1.165, 1.54) is 0 Å². The number of hydrogen-bond acceptors (Lipinski definition) is 4. The summed E-state index contributed by atoms with van der Waals surface area (Å²) in [6.07, 6.45) is 4.30. The summed E-state index contributed by atoms with van der Waals surface area (Å²) < 4.78 is 0. The first-order chi connectivity index (χ1) is 7.52. The van der Waals surface area contributed by atoms with E-state index in [0.29, 0.717) is 19.2 Å². The SMILES string of the molecule is O=C(O)C12CCC1(CCCB(O)O)CCN2. The van der Waals surface area contributed by atoms with E-state index < -0.39 is 18.6 Å². The molecule has 5 nitrogen and oxygen atoms in total. The van der Waals surface area contributed by atoms with Crippen LogP contribution in [0.2, 0.25) is 6.32 Å². The Morgan fingerprint density at radius 1 is 1.31 bits per heavy atom. The molecule has 1 heterocycles. The molecule has 0 spiro atoms. The maximum Gasteiger partial charge on any atom is 0.451 e. The summed E-state index contributed by atoms with van der Waals surface area (Å²) >= 11 is 0. The van der Waals surface area contributed by atoms with Crippen LogP contribution < -0.4 is 5.32 Å². The Bertz CT molecular complexity index is 299. The van der Waals surface area contributed by atoms with Crippen LogP contribution >= 0.6 is 0 Å². The minimum absolute atomic E-state index is 0.145. The smallest absolute Gasteiger partial charge is 0.451 e. The lowest BCUT2D eigenvalue weighted by Crippen LogP contribution is -2.65. The van der Waals surface area contributed by atoms with Crippen LogP contribution in [0.1, 0.15) is 32.1 Å². The Kier molecular flexibility index (Phi) is 2.98. The van der Waals surface area contributed by atoms with Gasteiger partial charge in [0.25, 0.3) is 0 Å². The quantitative estimate of drug-likeness (QED) is 0.490. The Balaban J connectivity index is 1.99. The predicted octanol–water partition coefficient (Wildman–Crippen LogP) is -0.164. The van der Waals surface area contributed by atoms with Crippen molar-refractivity contribution in [2.45, 2.75) is 44.0 Å². The molecule has 0 amide bonds. The van der Waals surface area contributed by atoms with Crippen molar-refractivity contribution in [3.63, 3.8) is 0 Å². The topological polar surface area (TPSA) is 89.8 Å². The van der Waals surface area contributed by atoms with E-state index in [0.717, 1.165) is 25.8 Å². The van der Waals surface area contributed by atoms with E-state index in [1.807, 2.05) is 0 Å². The van der Waals surface area contributed by atoms with Crippen LogP contribution in [0.3, 0.4) is 0 Å². The Hall–Kier alpha value is -0.585. The van der Waals surface area contributed by atoms with Crippen LogP contribution in [-0.4, -0.2) is 40.3 Å². The van der Waals surface area contributed by atoms with E-state index in [4.69, 9.17) is 10.0 Å². The van der Waals surface area contributed by atoms with Crippen LogP contribution in [0.15, 0.2) is 0 Å². The van der Waals surface area contributed by atoms with Crippen LogP contribution in [-0.2, 0) is 4.79 Å². The van der Waals surface area contributed by atoms with Crippen molar-refractivity contribution in [1.29, 1.82) is 0 Å². The van der Waals surface area contributed by atoms with Gasteiger partial charge in [0, 0.05) is 5.41 Å². The molecule has 0 radical (unpaired) electrons. The first-order valence-electron chi connectivity index (χ1n) is 5.87. The van der Waals surface area contributed by atoms with E-state index in [-0.39, 0.29) is 5.41 Å². The molecule has 0 aromatic carbocycles. The molecule has 6 heteroatoms. The molecular formula is C10H18BNO4. The average Bonchev–Trinajstić information content (AvgIpc) is 2.41. The van der Waals surface area contributed by atoms with Gasteiger partial charge >= 0.3 is 13.1 Å². The van der Waals surface area contributed by atoms with Crippen molar-refractivity contribution in [3.8, 4) is 0 Å². The Morgan fingerprint density at radius 3 is 2.56 bits per heavy atom. The van der Waals surface area contributed by atoms with Crippen molar-refractivity contribution in [2.75, 3.05) is 6.54 Å². The summed E-state index contributed by atoms with van der Waals surface area (Å²) in [4.78, 5) is 11.3. The largest absolute Gasteiger partial charge is 0.480 e. The maximum absolute atomic E-state index is 11.3. The molecule has 2 fully saturated rings. The second-order valence-corrected chi connectivity index (χ2v) is 5.04. The fourth-order valence-corrected chi connectivity index (χ4v) is 3.35. The fraction of sp³-hybridized carbons (Fsp3) is 0.900. The van der Waals surface area contributed by atoms with Gasteiger partial charge < -0.3 is 20.5 Å². The summed E-state index contributed by atoms with van der Waals surface area (Å²) in [6.45, 7) is 0.758. The molecule has 2 unspecified atom stereocenters. The van der Waals surface area contributed by atoms with Crippen LogP contribution in [0.4, 0.5) is 0 Å². The standard InChI is InChI=1S/C10H18BNO4/c13-8(14)10-4-3-9(10,5-7-12-10)2-1-6-11(15)16/h12,15-16H,1-7H2,(H,13,14). The summed E-state index contributed by atoms with van der Waals surface area (Å²) in [6, 6.07) is 0. The van der Waals surface area contributed by atoms with Gasteiger partial charge in [-0.3, -0.25) is 4.79 Å². The molecule has 1 saturated carbocycles. The van der Waals surface area contributed by atoms with Gasteiger partial charge in [-0.2, -0.15) is 0 Å². The number of fused-ring (bicyclic) bond motifs is 1. The molecular weight excluding hydrogens is 209 g/mol. The van der Waals surface area contributed by atoms with E-state index >= 15 is 0 Å². The van der Waals surface area contributed by atoms with Crippen LogP contribution in [0.5, 0.6) is 0 Å². The van der Waals surface area contributed by atoms with Crippen molar-refractivity contribution < 1.29 is 19.9 Å². The first-order valence-corrected chi connectivity index (χ1v) is 5.87. The molecule has 0 bridgehead atoms. The van der Waals surface area contributed by atoms with Gasteiger partial charge in [-0.25, -0.2) is 0 Å². The van der Waals surface area contributed by atoms with Crippen molar-refractivity contribution in [2.24, 2.45) is 5.41 Å². The lowest BCUT2D eigenvalue weighted by Gasteiger charge is -2.52. The van der Waals surface area contributed by atoms with Crippen LogP contribution in [0, 0.1) is 5.41 Å². The monoisotopic (exact) mass is 227 g/mol. The highest BCUT2D eigenvalue weighted by atomic mass is 16.4. The number of carboxylic acids is 1. The highest BCUT2D eigenvalue weighted by molar-refractivity contribution is 6.40. The summed E-state index contributed by atoms with van der Waals surface area (Å²) in [5.41, 5.74) is -0.874. The number of carbonyl (C=O) groups is 1. The third-order valence-electron chi connectivity index (χ3n) is 4.40. The van der Waals surface area contributed by atoms with Gasteiger partial charge in [-0.1, -0.05) is 6.42 Å². The zero-order valence-corrected chi connectivity index (χ0v) is 9.28. The molecule has 90 valence electrons. The van der Waals surface area contributed by atoms with E-state index in [9.17, 15) is 9.90 Å². The van der Waals surface area contributed by atoms with Gasteiger partial charge in [0.2, 0.25) is 0 Å². The second-order valence-electron chi connectivity index (χ2n) is 5.04. The van der Waals surface area contributed by atoms with Gasteiger partial charge in [0.15, 0.2) is 0 Å². The van der Waals surface area contributed by atoms with Crippen LogP contribution in [0.25, 0.3) is 0 Å². The zero-order chi connectivity index (χ0) is 11.8. The minimum Gasteiger partial charge on any atom is -0.480 e. The lowest BCUT2D eigenvalue weighted by atomic mass is 9.53. The molecule has 1 aliphatic heterocycles. The molecule has 2 rings (SSSR count). The van der Waals surface area contributed by atoms with Crippen molar-refractivity contribution >= 4 is 13.1 Å². The zero-order valence-electron chi connectivity index (χ0n) is 9.28. The Morgan fingerprint density at radius 2 is 2.06 bits per heavy atom. The highest BCUT2D eigenvalue weighted by Crippen LogP contribution is 2.58. The van der Waals surface area contributed by atoms with Gasteiger partial charge in [0.1, 0.15) is 5.54 Å². The molecule has 1 saturated heterocycles. The number of aliphatic carboxylic acids is 1. The molecule has 0 aromatic rings.